The van der Waals surface area contributed by atoms with Gasteiger partial charge in [-0.2, -0.15) is 0 Å². The van der Waals surface area contributed by atoms with Crippen molar-refractivity contribution in [2.75, 3.05) is 19.8 Å². The van der Waals surface area contributed by atoms with Crippen LogP contribution < -0.4 is 5.32 Å². The van der Waals surface area contributed by atoms with E-state index >= 15 is 0 Å². The molecule has 24 heavy (non-hydrogen) atoms. The van der Waals surface area contributed by atoms with Crippen molar-refractivity contribution in [3.05, 3.63) is 60.3 Å². The monoisotopic (exact) mass is 320 g/mol. The lowest BCUT2D eigenvalue weighted by Gasteiger charge is -2.10. The third-order valence-corrected chi connectivity index (χ3v) is 4.59. The van der Waals surface area contributed by atoms with E-state index < -0.39 is 0 Å². The Morgan fingerprint density at radius 2 is 2.08 bits per heavy atom. The van der Waals surface area contributed by atoms with Crippen molar-refractivity contribution >= 4 is 16.8 Å². The van der Waals surface area contributed by atoms with Crippen molar-refractivity contribution < 1.29 is 9.53 Å². The summed E-state index contributed by atoms with van der Waals surface area (Å²) < 4.78 is 5.35. The summed E-state index contributed by atoms with van der Waals surface area (Å²) in [6.07, 6.45) is 2.96. The van der Waals surface area contributed by atoms with Crippen molar-refractivity contribution in [2.45, 2.75) is 6.42 Å². The Kier molecular flexibility index (Phi) is 4.05. The van der Waals surface area contributed by atoms with Gasteiger partial charge in [-0.3, -0.25) is 4.79 Å². The fourth-order valence-electron chi connectivity index (χ4n) is 3.15. The maximum atomic E-state index is 12.4. The summed E-state index contributed by atoms with van der Waals surface area (Å²) in [5.41, 5.74) is 3.94. The van der Waals surface area contributed by atoms with Crippen LogP contribution in [0.4, 0.5) is 0 Å². The molecule has 0 spiro atoms. The predicted molar refractivity (Wildman–Crippen MR) is 95.0 cm³/mol. The molecule has 2 heterocycles. The van der Waals surface area contributed by atoms with E-state index in [1.807, 2.05) is 30.5 Å². The van der Waals surface area contributed by atoms with Gasteiger partial charge in [-0.05, 0) is 47.2 Å². The lowest BCUT2D eigenvalue weighted by molar-refractivity contribution is 0.0945. The van der Waals surface area contributed by atoms with Gasteiger partial charge in [0, 0.05) is 36.3 Å². The number of hydrogen-bond donors (Lipinski definition) is 2. The van der Waals surface area contributed by atoms with Crippen LogP contribution in [0.1, 0.15) is 16.8 Å². The lowest BCUT2D eigenvalue weighted by atomic mass is 10.0. The number of carbonyl (C=O) groups is 1. The third-order valence-electron chi connectivity index (χ3n) is 4.59. The zero-order valence-electron chi connectivity index (χ0n) is 13.4. The Hall–Kier alpha value is -2.59. The molecule has 1 atom stereocenters. The molecule has 1 aliphatic heterocycles. The fraction of sp³-hybridized carbons (Fsp3) is 0.250. The zero-order valence-corrected chi connectivity index (χ0v) is 13.4. The highest BCUT2D eigenvalue weighted by atomic mass is 16.5. The Morgan fingerprint density at radius 3 is 2.96 bits per heavy atom. The molecule has 1 saturated heterocycles. The van der Waals surface area contributed by atoms with E-state index in [4.69, 9.17) is 4.74 Å². The number of aromatic amines is 1. The topological polar surface area (TPSA) is 54.1 Å². The Labute approximate surface area is 140 Å². The SMILES string of the molecule is O=C(NC[C@@H]1CCOC1)c1cccc(-c2ccc3cc[nH]c3c2)c1. The molecule has 0 aliphatic carbocycles. The average molecular weight is 320 g/mol. The van der Waals surface area contributed by atoms with E-state index in [1.165, 1.54) is 5.39 Å². The van der Waals surface area contributed by atoms with Crippen molar-refractivity contribution in [3.63, 3.8) is 0 Å². The number of aromatic nitrogens is 1. The summed E-state index contributed by atoms with van der Waals surface area (Å²) in [4.78, 5) is 15.6. The first-order valence-electron chi connectivity index (χ1n) is 8.33. The second kappa shape index (κ2) is 6.49. The minimum atomic E-state index is -0.0234. The second-order valence-corrected chi connectivity index (χ2v) is 6.30. The highest BCUT2D eigenvalue weighted by molar-refractivity contribution is 5.95. The molecule has 0 unspecified atom stereocenters. The van der Waals surface area contributed by atoms with Crippen LogP contribution in [-0.4, -0.2) is 30.6 Å². The van der Waals surface area contributed by atoms with Crippen LogP contribution >= 0.6 is 0 Å². The quantitative estimate of drug-likeness (QED) is 0.772. The van der Waals surface area contributed by atoms with E-state index in [1.54, 1.807) is 0 Å². The predicted octanol–water partition coefficient (Wildman–Crippen LogP) is 3.60. The minimum Gasteiger partial charge on any atom is -0.381 e. The van der Waals surface area contributed by atoms with E-state index in [0.29, 0.717) is 18.0 Å². The molecule has 2 N–H and O–H groups in total. The normalized spacial score (nSPS) is 17.2. The molecular weight excluding hydrogens is 300 g/mol. The van der Waals surface area contributed by atoms with E-state index in [2.05, 4.69) is 34.6 Å². The lowest BCUT2D eigenvalue weighted by Crippen LogP contribution is -2.29. The standard InChI is InChI=1S/C20H20N2O2/c23-20(22-12-14-7-9-24-13-14)18-3-1-2-16(10-18)17-5-4-15-6-8-21-19(15)11-17/h1-6,8,10-11,14,21H,7,9,12-13H2,(H,22,23)/t14-/m0/s1. The molecule has 3 aromatic rings. The molecule has 122 valence electrons. The van der Waals surface area contributed by atoms with Gasteiger partial charge in [0.05, 0.1) is 6.61 Å². The average Bonchev–Trinajstić information content (AvgIpc) is 3.30. The van der Waals surface area contributed by atoms with Gasteiger partial charge in [-0.25, -0.2) is 0 Å². The molecule has 1 fully saturated rings. The maximum Gasteiger partial charge on any atom is 0.251 e. The molecule has 1 amide bonds. The Morgan fingerprint density at radius 1 is 1.17 bits per heavy atom. The number of hydrogen-bond acceptors (Lipinski definition) is 2. The molecule has 1 aromatic heterocycles. The van der Waals surface area contributed by atoms with Gasteiger partial charge in [-0.1, -0.05) is 24.3 Å². The van der Waals surface area contributed by atoms with Gasteiger partial charge in [0.2, 0.25) is 0 Å². The van der Waals surface area contributed by atoms with Gasteiger partial charge in [0.1, 0.15) is 0 Å². The summed E-state index contributed by atoms with van der Waals surface area (Å²) in [6, 6.07) is 16.1. The molecular formula is C20H20N2O2. The second-order valence-electron chi connectivity index (χ2n) is 6.30. The van der Waals surface area contributed by atoms with Gasteiger partial charge in [-0.15, -0.1) is 0 Å². The summed E-state index contributed by atoms with van der Waals surface area (Å²) >= 11 is 0. The number of rotatable bonds is 4. The molecule has 0 radical (unpaired) electrons. The molecule has 4 heteroatoms. The highest BCUT2D eigenvalue weighted by Gasteiger charge is 2.17. The van der Waals surface area contributed by atoms with E-state index in [9.17, 15) is 4.79 Å². The first-order valence-corrected chi connectivity index (χ1v) is 8.33. The van der Waals surface area contributed by atoms with Gasteiger partial charge < -0.3 is 15.0 Å². The number of H-pyrrole nitrogens is 1. The van der Waals surface area contributed by atoms with Crippen molar-refractivity contribution in [3.8, 4) is 11.1 Å². The van der Waals surface area contributed by atoms with Crippen LogP contribution in [0.25, 0.3) is 22.0 Å². The fourth-order valence-corrected chi connectivity index (χ4v) is 3.15. The number of benzene rings is 2. The molecule has 4 nitrogen and oxygen atoms in total. The van der Waals surface area contributed by atoms with Gasteiger partial charge >= 0.3 is 0 Å². The number of fused-ring (bicyclic) bond motifs is 1. The van der Waals surface area contributed by atoms with Gasteiger partial charge in [0.15, 0.2) is 0 Å². The van der Waals surface area contributed by atoms with E-state index in [0.717, 1.165) is 36.3 Å². The third kappa shape index (κ3) is 3.05. The number of ether oxygens (including phenoxy) is 1. The van der Waals surface area contributed by atoms with Crippen LogP contribution in [0.2, 0.25) is 0 Å². The summed E-state index contributed by atoms with van der Waals surface area (Å²) in [5, 5.41) is 4.21. The Balaban J connectivity index is 1.52. The zero-order chi connectivity index (χ0) is 16.4. The van der Waals surface area contributed by atoms with Crippen molar-refractivity contribution in [1.29, 1.82) is 0 Å². The summed E-state index contributed by atoms with van der Waals surface area (Å²) in [7, 11) is 0. The van der Waals surface area contributed by atoms with Crippen LogP contribution in [0.15, 0.2) is 54.7 Å². The first-order chi connectivity index (χ1) is 11.8. The maximum absolute atomic E-state index is 12.4. The molecule has 0 saturated carbocycles. The molecule has 4 rings (SSSR count). The van der Waals surface area contributed by atoms with Crippen LogP contribution in [0.5, 0.6) is 0 Å². The van der Waals surface area contributed by atoms with E-state index in [-0.39, 0.29) is 5.91 Å². The van der Waals surface area contributed by atoms with Crippen LogP contribution in [0.3, 0.4) is 0 Å². The summed E-state index contributed by atoms with van der Waals surface area (Å²) in [6.45, 7) is 2.23. The van der Waals surface area contributed by atoms with Gasteiger partial charge in [0.25, 0.3) is 5.91 Å². The van der Waals surface area contributed by atoms with Crippen molar-refractivity contribution in [2.24, 2.45) is 5.92 Å². The molecule has 0 bridgehead atoms. The number of carbonyl (C=O) groups excluding carboxylic acids is 1. The molecule has 2 aromatic carbocycles. The van der Waals surface area contributed by atoms with Crippen LogP contribution in [-0.2, 0) is 4.74 Å². The Bertz CT molecular complexity index is 863. The molecule has 1 aliphatic rings. The number of amides is 1. The first kappa shape index (κ1) is 15.0. The highest BCUT2D eigenvalue weighted by Crippen LogP contribution is 2.24. The van der Waals surface area contributed by atoms with Crippen LogP contribution in [0, 0.1) is 5.92 Å². The largest absolute Gasteiger partial charge is 0.381 e. The smallest absolute Gasteiger partial charge is 0.251 e. The van der Waals surface area contributed by atoms with Crippen molar-refractivity contribution in [1.82, 2.24) is 10.3 Å². The summed E-state index contributed by atoms with van der Waals surface area (Å²) in [5.74, 6) is 0.414. The number of nitrogens with one attached hydrogen (secondary N) is 2. The minimum absolute atomic E-state index is 0.0234.